The number of sulfone groups is 1. The first-order valence-electron chi connectivity index (χ1n) is 6.58. The molecule has 1 aromatic carbocycles. The summed E-state index contributed by atoms with van der Waals surface area (Å²) >= 11 is 1.71. The number of hydrogen-bond acceptors (Lipinski definition) is 4. The summed E-state index contributed by atoms with van der Waals surface area (Å²) in [5, 5.41) is 3.06. The zero-order valence-electron chi connectivity index (χ0n) is 13.4. The van der Waals surface area contributed by atoms with E-state index in [9.17, 15) is 8.42 Å². The Labute approximate surface area is 154 Å². The van der Waals surface area contributed by atoms with Gasteiger partial charge in [0.15, 0.2) is 5.96 Å². The summed E-state index contributed by atoms with van der Waals surface area (Å²) < 4.78 is 22.3. The van der Waals surface area contributed by atoms with E-state index < -0.39 is 9.84 Å². The lowest BCUT2D eigenvalue weighted by Crippen LogP contribution is -2.40. The van der Waals surface area contributed by atoms with Crippen LogP contribution in [0.25, 0.3) is 0 Å². The number of nitrogens with zero attached hydrogens (tertiary/aromatic N) is 2. The standard InChI is InChI=1S/C14H23N3O2S2.HI/c1-15-14(16-9-10-21(4,18)19)17(2)11-12-5-7-13(20-3)8-6-12;/h5-8H,9-11H2,1-4H3,(H,15,16);1H. The smallest absolute Gasteiger partial charge is 0.193 e. The maximum Gasteiger partial charge on any atom is 0.193 e. The fourth-order valence-corrected chi connectivity index (χ4v) is 2.69. The van der Waals surface area contributed by atoms with E-state index in [1.165, 1.54) is 16.7 Å². The molecular weight excluding hydrogens is 433 g/mol. The fourth-order valence-electron chi connectivity index (χ4n) is 1.81. The van der Waals surface area contributed by atoms with Gasteiger partial charge in [-0.3, -0.25) is 4.99 Å². The van der Waals surface area contributed by atoms with Crippen LogP contribution < -0.4 is 5.32 Å². The first-order chi connectivity index (χ1) is 9.85. The molecule has 0 heterocycles. The van der Waals surface area contributed by atoms with Gasteiger partial charge in [-0.15, -0.1) is 35.7 Å². The van der Waals surface area contributed by atoms with E-state index in [2.05, 4.69) is 40.8 Å². The molecule has 0 aromatic heterocycles. The minimum atomic E-state index is -2.96. The SMILES string of the molecule is CN=C(NCCS(C)(=O)=O)N(C)Cc1ccc(SC)cc1.I. The van der Waals surface area contributed by atoms with Gasteiger partial charge in [0, 0.05) is 38.3 Å². The summed E-state index contributed by atoms with van der Waals surface area (Å²) in [7, 11) is 0.661. The van der Waals surface area contributed by atoms with Crippen LogP contribution >= 0.6 is 35.7 Å². The number of rotatable bonds is 6. The predicted octanol–water partition coefficient (Wildman–Crippen LogP) is 2.08. The van der Waals surface area contributed by atoms with Gasteiger partial charge in [0.05, 0.1) is 5.75 Å². The summed E-state index contributed by atoms with van der Waals surface area (Å²) in [6.07, 6.45) is 3.28. The van der Waals surface area contributed by atoms with Crippen molar-refractivity contribution in [2.45, 2.75) is 11.4 Å². The molecule has 1 aromatic rings. The highest BCUT2D eigenvalue weighted by atomic mass is 127. The maximum atomic E-state index is 11.1. The molecule has 0 amide bonds. The number of aliphatic imine (C=N–C) groups is 1. The second-order valence-corrected chi connectivity index (χ2v) is 7.95. The van der Waals surface area contributed by atoms with E-state index in [0.717, 1.165) is 0 Å². The van der Waals surface area contributed by atoms with Crippen molar-refractivity contribution in [3.05, 3.63) is 29.8 Å². The maximum absolute atomic E-state index is 11.1. The Bertz CT molecular complexity index is 574. The number of halogens is 1. The number of benzene rings is 1. The van der Waals surface area contributed by atoms with Crippen LogP contribution in [0.15, 0.2) is 34.2 Å². The molecule has 1 rings (SSSR count). The van der Waals surface area contributed by atoms with Crippen molar-refractivity contribution in [2.24, 2.45) is 4.99 Å². The number of thioether (sulfide) groups is 1. The van der Waals surface area contributed by atoms with Crippen LogP contribution in [0.3, 0.4) is 0 Å². The van der Waals surface area contributed by atoms with Crippen molar-refractivity contribution in [3.63, 3.8) is 0 Å². The third-order valence-electron chi connectivity index (χ3n) is 2.91. The molecule has 8 heteroatoms. The summed E-state index contributed by atoms with van der Waals surface area (Å²) in [4.78, 5) is 7.37. The van der Waals surface area contributed by atoms with Gasteiger partial charge >= 0.3 is 0 Å². The van der Waals surface area contributed by atoms with Gasteiger partial charge in [-0.05, 0) is 24.0 Å². The summed E-state index contributed by atoms with van der Waals surface area (Å²) in [5.74, 6) is 0.787. The molecule has 0 aliphatic carbocycles. The van der Waals surface area contributed by atoms with Crippen LogP contribution in [-0.4, -0.2) is 58.2 Å². The predicted molar refractivity (Wildman–Crippen MR) is 106 cm³/mol. The van der Waals surface area contributed by atoms with Gasteiger partial charge in [-0.1, -0.05) is 12.1 Å². The molecule has 0 aliphatic rings. The van der Waals surface area contributed by atoms with E-state index in [1.54, 1.807) is 18.8 Å². The quantitative estimate of drug-likeness (QED) is 0.307. The third-order valence-corrected chi connectivity index (χ3v) is 4.60. The van der Waals surface area contributed by atoms with Crippen molar-refractivity contribution in [2.75, 3.05) is 38.9 Å². The van der Waals surface area contributed by atoms with Crippen molar-refractivity contribution in [1.29, 1.82) is 0 Å². The van der Waals surface area contributed by atoms with E-state index in [-0.39, 0.29) is 29.7 Å². The average Bonchev–Trinajstić information content (AvgIpc) is 2.43. The number of guanidine groups is 1. The Balaban J connectivity index is 0.00000441. The molecule has 0 saturated heterocycles. The van der Waals surface area contributed by atoms with Crippen molar-refractivity contribution < 1.29 is 8.42 Å². The molecule has 0 unspecified atom stereocenters. The van der Waals surface area contributed by atoms with Gasteiger partial charge in [0.1, 0.15) is 9.84 Å². The molecular formula is C14H24IN3O2S2. The second-order valence-electron chi connectivity index (χ2n) is 4.81. The van der Waals surface area contributed by atoms with Gasteiger partial charge < -0.3 is 10.2 Å². The lowest BCUT2D eigenvalue weighted by molar-refractivity contribution is 0.478. The number of nitrogens with one attached hydrogen (secondary N) is 1. The number of hydrogen-bond donors (Lipinski definition) is 1. The van der Waals surface area contributed by atoms with Gasteiger partial charge in [0.2, 0.25) is 0 Å². The molecule has 22 heavy (non-hydrogen) atoms. The van der Waals surface area contributed by atoms with Crippen LogP contribution in [0.2, 0.25) is 0 Å². The average molecular weight is 457 g/mol. The van der Waals surface area contributed by atoms with E-state index in [4.69, 9.17) is 0 Å². The van der Waals surface area contributed by atoms with Gasteiger partial charge in [0.25, 0.3) is 0 Å². The van der Waals surface area contributed by atoms with E-state index in [1.807, 2.05) is 11.9 Å². The van der Waals surface area contributed by atoms with Crippen LogP contribution in [0.1, 0.15) is 5.56 Å². The Morgan fingerprint density at radius 1 is 1.32 bits per heavy atom. The van der Waals surface area contributed by atoms with Crippen molar-refractivity contribution >= 4 is 51.5 Å². The molecule has 0 atom stereocenters. The largest absolute Gasteiger partial charge is 0.355 e. The zero-order chi connectivity index (χ0) is 15.9. The third kappa shape index (κ3) is 8.23. The minimum Gasteiger partial charge on any atom is -0.355 e. The summed E-state index contributed by atoms with van der Waals surface area (Å²) in [5.41, 5.74) is 1.18. The van der Waals surface area contributed by atoms with Crippen LogP contribution in [-0.2, 0) is 16.4 Å². The summed E-state index contributed by atoms with van der Waals surface area (Å²) in [6.45, 7) is 1.08. The molecule has 0 fully saturated rings. The first kappa shape index (κ1) is 21.5. The molecule has 1 N–H and O–H groups in total. The lowest BCUT2D eigenvalue weighted by atomic mass is 10.2. The Kier molecular flexibility index (Phi) is 10.1. The molecule has 126 valence electrons. The Hall–Kier alpha value is -0.480. The normalized spacial score (nSPS) is 11.7. The van der Waals surface area contributed by atoms with Gasteiger partial charge in [-0.25, -0.2) is 8.42 Å². The Morgan fingerprint density at radius 2 is 1.91 bits per heavy atom. The van der Waals surface area contributed by atoms with Crippen molar-refractivity contribution in [3.8, 4) is 0 Å². The lowest BCUT2D eigenvalue weighted by Gasteiger charge is -2.22. The van der Waals surface area contributed by atoms with Crippen molar-refractivity contribution in [1.82, 2.24) is 10.2 Å². The molecule has 5 nitrogen and oxygen atoms in total. The highest BCUT2D eigenvalue weighted by Gasteiger charge is 2.08. The van der Waals surface area contributed by atoms with Crippen LogP contribution in [0.4, 0.5) is 0 Å². The van der Waals surface area contributed by atoms with E-state index in [0.29, 0.717) is 19.0 Å². The molecule has 0 radical (unpaired) electrons. The second kappa shape index (κ2) is 10.3. The topological polar surface area (TPSA) is 61.8 Å². The molecule has 0 spiro atoms. The monoisotopic (exact) mass is 457 g/mol. The van der Waals surface area contributed by atoms with E-state index >= 15 is 0 Å². The van der Waals surface area contributed by atoms with Crippen LogP contribution in [0, 0.1) is 0 Å². The first-order valence-corrected chi connectivity index (χ1v) is 9.86. The molecule has 0 bridgehead atoms. The van der Waals surface area contributed by atoms with Gasteiger partial charge in [-0.2, -0.15) is 0 Å². The Morgan fingerprint density at radius 3 is 2.36 bits per heavy atom. The fraction of sp³-hybridized carbons (Fsp3) is 0.500. The highest BCUT2D eigenvalue weighted by Crippen LogP contribution is 2.15. The van der Waals surface area contributed by atoms with Crippen LogP contribution in [0.5, 0.6) is 0 Å². The molecule has 0 aliphatic heterocycles. The highest BCUT2D eigenvalue weighted by molar-refractivity contribution is 14.0. The molecule has 0 saturated carbocycles. The summed E-state index contributed by atoms with van der Waals surface area (Å²) in [6, 6.07) is 8.36. The zero-order valence-corrected chi connectivity index (χ0v) is 17.3. The minimum absolute atomic E-state index is 0.